The van der Waals surface area contributed by atoms with Crippen molar-refractivity contribution in [3.8, 4) is 5.75 Å². The van der Waals surface area contributed by atoms with Gasteiger partial charge in [-0.2, -0.15) is 0 Å². The monoisotopic (exact) mass is 313 g/mol. The summed E-state index contributed by atoms with van der Waals surface area (Å²) in [5.41, 5.74) is -0.267. The number of phenolic OH excluding ortho intramolecular Hbond substituents is 1. The van der Waals surface area contributed by atoms with Gasteiger partial charge in [-0.1, -0.05) is 6.07 Å². The highest BCUT2D eigenvalue weighted by Gasteiger charge is 2.22. The van der Waals surface area contributed by atoms with Crippen molar-refractivity contribution < 1.29 is 28.9 Å². The van der Waals surface area contributed by atoms with Crippen LogP contribution in [-0.4, -0.2) is 34.4 Å². The molecule has 0 spiro atoms. The Hall–Kier alpha value is -2.31. The van der Waals surface area contributed by atoms with E-state index in [0.717, 1.165) is 12.1 Å². The Bertz CT molecular complexity index is 553. The van der Waals surface area contributed by atoms with Gasteiger partial charge < -0.3 is 20.3 Å². The number of aliphatic carboxylic acids is 1. The Morgan fingerprint density at radius 3 is 2.50 bits per heavy atom. The minimum atomic E-state index is -1.12. The van der Waals surface area contributed by atoms with E-state index >= 15 is 0 Å². The van der Waals surface area contributed by atoms with Gasteiger partial charge in [0.15, 0.2) is 11.6 Å². The van der Waals surface area contributed by atoms with Crippen LogP contribution in [0.3, 0.4) is 0 Å². The molecule has 3 N–H and O–H groups in total. The summed E-state index contributed by atoms with van der Waals surface area (Å²) >= 11 is 0. The first-order valence-electron chi connectivity index (χ1n) is 6.75. The molecule has 0 aromatic heterocycles. The average Bonchev–Trinajstić information content (AvgIpc) is 2.36. The fraction of sp³-hybridized carbons (Fsp3) is 0.467. The van der Waals surface area contributed by atoms with E-state index in [2.05, 4.69) is 5.32 Å². The number of alkyl carbamates (subject to hydrolysis) is 1. The lowest BCUT2D eigenvalue weighted by Crippen LogP contribution is -2.37. The summed E-state index contributed by atoms with van der Waals surface area (Å²) in [6.07, 6.45) is -0.696. The second-order valence-electron chi connectivity index (χ2n) is 5.91. The van der Waals surface area contributed by atoms with E-state index < -0.39 is 35.1 Å². The van der Waals surface area contributed by atoms with Gasteiger partial charge in [0.1, 0.15) is 5.60 Å². The number of nitrogens with one attached hydrogen (secondary N) is 1. The van der Waals surface area contributed by atoms with Gasteiger partial charge in [0.25, 0.3) is 0 Å². The summed E-state index contributed by atoms with van der Waals surface area (Å²) in [6.45, 7) is 4.94. The molecule has 0 saturated carbocycles. The highest BCUT2D eigenvalue weighted by atomic mass is 19.1. The van der Waals surface area contributed by atoms with Gasteiger partial charge in [0.05, 0.1) is 5.92 Å². The molecule has 0 bridgehead atoms. The van der Waals surface area contributed by atoms with Gasteiger partial charge in [0, 0.05) is 6.54 Å². The molecular weight excluding hydrogens is 293 g/mol. The summed E-state index contributed by atoms with van der Waals surface area (Å²) in [7, 11) is 0. The fourth-order valence-corrected chi connectivity index (χ4v) is 1.73. The van der Waals surface area contributed by atoms with Crippen LogP contribution in [0.2, 0.25) is 0 Å². The molecule has 0 aliphatic rings. The third-order valence-electron chi connectivity index (χ3n) is 2.74. The maximum Gasteiger partial charge on any atom is 0.407 e. The Kier molecular flexibility index (Phi) is 5.73. The van der Waals surface area contributed by atoms with Crippen molar-refractivity contribution in [3.05, 3.63) is 29.6 Å². The zero-order chi connectivity index (χ0) is 16.9. The molecule has 0 radical (unpaired) electrons. The molecule has 1 unspecified atom stereocenters. The number of carboxylic acids is 1. The van der Waals surface area contributed by atoms with Crippen molar-refractivity contribution in [2.24, 2.45) is 5.92 Å². The van der Waals surface area contributed by atoms with Gasteiger partial charge in [-0.05, 0) is 44.9 Å². The lowest BCUT2D eigenvalue weighted by atomic mass is 9.99. The molecule has 0 aliphatic carbocycles. The van der Waals surface area contributed by atoms with Crippen LogP contribution in [0.4, 0.5) is 9.18 Å². The van der Waals surface area contributed by atoms with E-state index in [9.17, 15) is 14.0 Å². The smallest absolute Gasteiger partial charge is 0.407 e. The Labute approximate surface area is 127 Å². The highest BCUT2D eigenvalue weighted by molar-refractivity contribution is 5.73. The number of carbonyl (C=O) groups is 2. The SMILES string of the molecule is CC(C)(C)OC(=O)NCC(Cc1ccc(O)c(F)c1)C(=O)O. The van der Waals surface area contributed by atoms with Crippen LogP contribution < -0.4 is 5.32 Å². The third kappa shape index (κ3) is 5.99. The molecule has 1 aromatic rings. The number of carboxylic acid groups (broad SMARTS) is 1. The lowest BCUT2D eigenvalue weighted by molar-refractivity contribution is -0.141. The molecule has 0 heterocycles. The quantitative estimate of drug-likeness (QED) is 0.775. The van der Waals surface area contributed by atoms with Gasteiger partial charge in [-0.15, -0.1) is 0 Å². The molecule has 6 nitrogen and oxygen atoms in total. The van der Waals surface area contributed by atoms with Crippen molar-refractivity contribution in [1.82, 2.24) is 5.32 Å². The number of rotatable bonds is 5. The average molecular weight is 313 g/mol. The number of aromatic hydroxyl groups is 1. The second kappa shape index (κ2) is 7.11. The first-order chi connectivity index (χ1) is 10.1. The number of carbonyl (C=O) groups excluding carboxylic acids is 1. The number of phenols is 1. The zero-order valence-electron chi connectivity index (χ0n) is 12.7. The van der Waals surface area contributed by atoms with Crippen LogP contribution >= 0.6 is 0 Å². The number of amides is 1. The predicted octanol–water partition coefficient (Wildman–Crippen LogP) is 2.30. The summed E-state index contributed by atoms with van der Waals surface area (Å²) in [5.74, 6) is -3.37. The third-order valence-corrected chi connectivity index (χ3v) is 2.74. The minimum Gasteiger partial charge on any atom is -0.505 e. The Morgan fingerprint density at radius 2 is 2.00 bits per heavy atom. The van der Waals surface area contributed by atoms with Crippen molar-refractivity contribution in [2.45, 2.75) is 32.8 Å². The molecule has 22 heavy (non-hydrogen) atoms. The molecule has 122 valence electrons. The van der Waals surface area contributed by atoms with Crippen molar-refractivity contribution in [3.63, 3.8) is 0 Å². The van der Waals surface area contributed by atoms with Gasteiger partial charge in [-0.3, -0.25) is 4.79 Å². The number of ether oxygens (including phenoxy) is 1. The first-order valence-corrected chi connectivity index (χ1v) is 6.75. The molecule has 0 fully saturated rings. The van der Waals surface area contributed by atoms with Gasteiger partial charge in [0.2, 0.25) is 0 Å². The van der Waals surface area contributed by atoms with Crippen molar-refractivity contribution in [1.29, 1.82) is 0 Å². The summed E-state index contributed by atoms with van der Waals surface area (Å²) in [6, 6.07) is 3.66. The van der Waals surface area contributed by atoms with Crippen molar-refractivity contribution in [2.75, 3.05) is 6.54 Å². The van der Waals surface area contributed by atoms with Crippen LogP contribution in [-0.2, 0) is 16.0 Å². The fourth-order valence-electron chi connectivity index (χ4n) is 1.73. The number of hydrogen-bond donors (Lipinski definition) is 3. The van der Waals surface area contributed by atoms with E-state index in [-0.39, 0.29) is 13.0 Å². The topological polar surface area (TPSA) is 95.9 Å². The molecule has 1 rings (SSSR count). The number of halogens is 1. The lowest BCUT2D eigenvalue weighted by Gasteiger charge is -2.21. The molecule has 1 amide bonds. The zero-order valence-corrected chi connectivity index (χ0v) is 12.7. The van der Waals surface area contributed by atoms with Crippen LogP contribution in [0.1, 0.15) is 26.3 Å². The minimum absolute atomic E-state index is 0.0162. The first kappa shape index (κ1) is 17.7. The van der Waals surface area contributed by atoms with Crippen LogP contribution in [0.5, 0.6) is 5.75 Å². The molecule has 7 heteroatoms. The standard InChI is InChI=1S/C15H20FNO5/c1-15(2,3)22-14(21)17-8-10(13(19)20)6-9-4-5-12(18)11(16)7-9/h4-5,7,10,18H,6,8H2,1-3H3,(H,17,21)(H,19,20). The molecule has 1 atom stereocenters. The van der Waals surface area contributed by atoms with Crippen molar-refractivity contribution >= 4 is 12.1 Å². The van der Waals surface area contributed by atoms with E-state index in [0.29, 0.717) is 5.56 Å². The Balaban J connectivity index is 2.64. The van der Waals surface area contributed by atoms with Crippen LogP contribution in [0.15, 0.2) is 18.2 Å². The summed E-state index contributed by atoms with van der Waals surface area (Å²) in [4.78, 5) is 22.7. The number of hydrogen-bond acceptors (Lipinski definition) is 4. The van der Waals surface area contributed by atoms with Gasteiger partial charge in [-0.25, -0.2) is 9.18 Å². The molecule has 0 aliphatic heterocycles. The summed E-state index contributed by atoms with van der Waals surface area (Å²) < 4.78 is 18.3. The predicted molar refractivity (Wildman–Crippen MR) is 77.1 cm³/mol. The molecule has 0 saturated heterocycles. The van der Waals surface area contributed by atoms with E-state index in [4.69, 9.17) is 14.9 Å². The number of benzene rings is 1. The second-order valence-corrected chi connectivity index (χ2v) is 5.91. The van der Waals surface area contributed by atoms with Gasteiger partial charge >= 0.3 is 12.1 Å². The highest BCUT2D eigenvalue weighted by Crippen LogP contribution is 2.18. The maximum absolute atomic E-state index is 13.2. The Morgan fingerprint density at radius 1 is 1.36 bits per heavy atom. The van der Waals surface area contributed by atoms with E-state index in [1.165, 1.54) is 6.07 Å². The van der Waals surface area contributed by atoms with E-state index in [1.807, 2.05) is 0 Å². The summed E-state index contributed by atoms with van der Waals surface area (Å²) in [5, 5.41) is 20.7. The normalized spacial score (nSPS) is 12.5. The maximum atomic E-state index is 13.2. The molecular formula is C15H20FNO5. The molecule has 1 aromatic carbocycles. The van der Waals surface area contributed by atoms with Crippen LogP contribution in [0, 0.1) is 11.7 Å². The van der Waals surface area contributed by atoms with Crippen LogP contribution in [0.25, 0.3) is 0 Å². The van der Waals surface area contributed by atoms with E-state index in [1.54, 1.807) is 20.8 Å². The largest absolute Gasteiger partial charge is 0.505 e.